The van der Waals surface area contributed by atoms with Crippen molar-refractivity contribution in [2.24, 2.45) is 0 Å². The minimum atomic E-state index is 0.527. The summed E-state index contributed by atoms with van der Waals surface area (Å²) in [7, 11) is 0. The first-order valence-electron chi connectivity index (χ1n) is 7.75. The van der Waals surface area contributed by atoms with Crippen LogP contribution in [0, 0.1) is 0 Å². The number of pyridine rings is 1. The number of hydrogen-bond acceptors (Lipinski definition) is 3. The fourth-order valence-corrected chi connectivity index (χ4v) is 2.76. The Bertz CT molecular complexity index is 610. The Labute approximate surface area is 126 Å². The molecule has 0 unspecified atom stereocenters. The van der Waals surface area contributed by atoms with Crippen molar-refractivity contribution in [2.75, 3.05) is 6.54 Å². The number of benzene rings is 1. The number of nitrogens with one attached hydrogen (secondary N) is 1. The van der Waals surface area contributed by atoms with Crippen LogP contribution >= 0.6 is 0 Å². The Balaban J connectivity index is 1.62. The average Bonchev–Trinajstić information content (AvgIpc) is 2.99. The van der Waals surface area contributed by atoms with Gasteiger partial charge < -0.3 is 10.1 Å². The summed E-state index contributed by atoms with van der Waals surface area (Å²) < 4.78 is 5.89. The summed E-state index contributed by atoms with van der Waals surface area (Å²) in [6.45, 7) is 4.39. The van der Waals surface area contributed by atoms with E-state index in [2.05, 4.69) is 35.4 Å². The van der Waals surface area contributed by atoms with Gasteiger partial charge in [-0.3, -0.25) is 4.98 Å². The largest absolute Gasteiger partial charge is 0.487 e. The van der Waals surface area contributed by atoms with Crippen molar-refractivity contribution in [1.82, 2.24) is 10.3 Å². The minimum Gasteiger partial charge on any atom is -0.487 e. The molecule has 21 heavy (non-hydrogen) atoms. The number of hydrogen-bond donors (Lipinski definition) is 1. The maximum Gasteiger partial charge on any atom is 0.130 e. The predicted molar refractivity (Wildman–Crippen MR) is 84.4 cm³/mol. The molecule has 2 aromatic rings. The minimum absolute atomic E-state index is 0.527. The summed E-state index contributed by atoms with van der Waals surface area (Å²) in [5.41, 5.74) is 4.97. The highest BCUT2D eigenvalue weighted by molar-refractivity contribution is 5.38. The molecule has 110 valence electrons. The first-order chi connectivity index (χ1) is 10.3. The van der Waals surface area contributed by atoms with E-state index in [1.807, 2.05) is 18.2 Å². The molecule has 0 aliphatic heterocycles. The Hall–Kier alpha value is -1.87. The molecular weight excluding hydrogens is 260 g/mol. The molecule has 0 atom stereocenters. The molecule has 0 fully saturated rings. The van der Waals surface area contributed by atoms with Crippen molar-refractivity contribution in [3.05, 3.63) is 58.9 Å². The smallest absolute Gasteiger partial charge is 0.130 e. The standard InChI is InChI=1S/C18H22N2O/c1-2-19-12-16-7-4-8-17(20-16)13-21-18-10-9-14-5-3-6-15(14)11-18/h4,7-11,19H,2-3,5-6,12-13H2,1H3. The van der Waals surface area contributed by atoms with Crippen LogP contribution in [-0.4, -0.2) is 11.5 Å². The van der Waals surface area contributed by atoms with Crippen LogP contribution in [0.4, 0.5) is 0 Å². The van der Waals surface area contributed by atoms with Crippen molar-refractivity contribution in [3.8, 4) is 5.75 Å². The number of ether oxygens (including phenoxy) is 1. The summed E-state index contributed by atoms with van der Waals surface area (Å²) >= 11 is 0. The number of aromatic nitrogens is 1. The van der Waals surface area contributed by atoms with Crippen LogP contribution in [0.1, 0.15) is 35.9 Å². The van der Waals surface area contributed by atoms with Gasteiger partial charge in [0.1, 0.15) is 12.4 Å². The highest BCUT2D eigenvalue weighted by Crippen LogP contribution is 2.26. The molecule has 1 N–H and O–H groups in total. The van der Waals surface area contributed by atoms with Crippen molar-refractivity contribution >= 4 is 0 Å². The molecule has 0 amide bonds. The van der Waals surface area contributed by atoms with E-state index in [1.54, 1.807) is 0 Å². The molecule has 1 heterocycles. The molecular formula is C18H22N2O. The first kappa shape index (κ1) is 14.1. The van der Waals surface area contributed by atoms with Crippen molar-refractivity contribution in [2.45, 2.75) is 39.3 Å². The van der Waals surface area contributed by atoms with Gasteiger partial charge in [0.05, 0.1) is 11.4 Å². The van der Waals surface area contributed by atoms with E-state index < -0.39 is 0 Å². The van der Waals surface area contributed by atoms with E-state index >= 15 is 0 Å². The zero-order valence-electron chi connectivity index (χ0n) is 12.6. The second kappa shape index (κ2) is 6.72. The Morgan fingerprint density at radius 2 is 1.95 bits per heavy atom. The number of aryl methyl sites for hydroxylation is 2. The van der Waals surface area contributed by atoms with Gasteiger partial charge in [-0.05, 0) is 61.2 Å². The van der Waals surface area contributed by atoms with Gasteiger partial charge in [0, 0.05) is 6.54 Å². The van der Waals surface area contributed by atoms with Crippen LogP contribution in [0.15, 0.2) is 36.4 Å². The van der Waals surface area contributed by atoms with E-state index in [0.717, 1.165) is 30.2 Å². The van der Waals surface area contributed by atoms with Gasteiger partial charge in [0.15, 0.2) is 0 Å². The molecule has 0 saturated carbocycles. The van der Waals surface area contributed by atoms with Gasteiger partial charge >= 0.3 is 0 Å². The number of nitrogens with zero attached hydrogens (tertiary/aromatic N) is 1. The van der Waals surface area contributed by atoms with Crippen LogP contribution in [0.5, 0.6) is 5.75 Å². The molecule has 1 aliphatic rings. The Morgan fingerprint density at radius 1 is 1.10 bits per heavy atom. The average molecular weight is 282 g/mol. The third kappa shape index (κ3) is 3.61. The van der Waals surface area contributed by atoms with E-state index in [-0.39, 0.29) is 0 Å². The molecule has 3 nitrogen and oxygen atoms in total. The maximum atomic E-state index is 5.89. The fourth-order valence-electron chi connectivity index (χ4n) is 2.76. The molecule has 1 aromatic heterocycles. The zero-order valence-corrected chi connectivity index (χ0v) is 12.6. The Morgan fingerprint density at radius 3 is 2.86 bits per heavy atom. The second-order valence-corrected chi connectivity index (χ2v) is 5.47. The number of rotatable bonds is 6. The molecule has 3 heteroatoms. The summed E-state index contributed by atoms with van der Waals surface area (Å²) in [6.07, 6.45) is 3.67. The molecule has 3 rings (SSSR count). The lowest BCUT2D eigenvalue weighted by atomic mass is 10.1. The highest BCUT2D eigenvalue weighted by atomic mass is 16.5. The third-order valence-electron chi connectivity index (χ3n) is 3.88. The van der Waals surface area contributed by atoms with Gasteiger partial charge in [-0.1, -0.05) is 19.1 Å². The zero-order chi connectivity index (χ0) is 14.5. The lowest BCUT2D eigenvalue weighted by Gasteiger charge is -2.09. The van der Waals surface area contributed by atoms with Crippen LogP contribution in [0.2, 0.25) is 0 Å². The monoisotopic (exact) mass is 282 g/mol. The van der Waals surface area contributed by atoms with Crippen LogP contribution in [0.25, 0.3) is 0 Å². The van der Waals surface area contributed by atoms with Crippen molar-refractivity contribution in [3.63, 3.8) is 0 Å². The maximum absolute atomic E-state index is 5.89. The van der Waals surface area contributed by atoms with Crippen molar-refractivity contribution in [1.29, 1.82) is 0 Å². The Kier molecular flexibility index (Phi) is 4.51. The molecule has 0 radical (unpaired) electrons. The summed E-state index contributed by atoms with van der Waals surface area (Å²) in [5, 5.41) is 3.29. The molecule has 0 bridgehead atoms. The van der Waals surface area contributed by atoms with E-state index in [0.29, 0.717) is 6.61 Å². The van der Waals surface area contributed by atoms with E-state index in [9.17, 15) is 0 Å². The lowest BCUT2D eigenvalue weighted by Crippen LogP contribution is -2.13. The third-order valence-corrected chi connectivity index (χ3v) is 3.88. The summed E-state index contributed by atoms with van der Waals surface area (Å²) in [6, 6.07) is 12.6. The van der Waals surface area contributed by atoms with Crippen LogP contribution in [-0.2, 0) is 26.0 Å². The van der Waals surface area contributed by atoms with Gasteiger partial charge in [-0.25, -0.2) is 0 Å². The number of fused-ring (bicyclic) bond motifs is 1. The lowest BCUT2D eigenvalue weighted by molar-refractivity contribution is 0.300. The van der Waals surface area contributed by atoms with Gasteiger partial charge in [0.25, 0.3) is 0 Å². The first-order valence-corrected chi connectivity index (χ1v) is 7.75. The fraction of sp³-hybridized carbons (Fsp3) is 0.389. The van der Waals surface area contributed by atoms with Crippen molar-refractivity contribution < 1.29 is 4.74 Å². The predicted octanol–water partition coefficient (Wildman–Crippen LogP) is 3.26. The molecule has 0 spiro atoms. The second-order valence-electron chi connectivity index (χ2n) is 5.47. The topological polar surface area (TPSA) is 34.1 Å². The molecule has 1 aromatic carbocycles. The summed E-state index contributed by atoms with van der Waals surface area (Å²) in [5.74, 6) is 0.953. The summed E-state index contributed by atoms with van der Waals surface area (Å²) in [4.78, 5) is 4.61. The quantitative estimate of drug-likeness (QED) is 0.883. The van der Waals surface area contributed by atoms with Gasteiger partial charge in [0.2, 0.25) is 0 Å². The highest BCUT2D eigenvalue weighted by Gasteiger charge is 2.11. The molecule has 1 aliphatic carbocycles. The van der Waals surface area contributed by atoms with E-state index in [4.69, 9.17) is 4.74 Å². The van der Waals surface area contributed by atoms with Gasteiger partial charge in [-0.15, -0.1) is 0 Å². The normalized spacial score (nSPS) is 13.2. The van der Waals surface area contributed by atoms with Gasteiger partial charge in [-0.2, -0.15) is 0 Å². The van der Waals surface area contributed by atoms with Crippen LogP contribution < -0.4 is 10.1 Å². The molecule has 0 saturated heterocycles. The SMILES string of the molecule is CCNCc1cccc(COc2ccc3c(c2)CCC3)n1. The van der Waals surface area contributed by atoms with E-state index in [1.165, 1.54) is 30.4 Å². The van der Waals surface area contributed by atoms with Crippen LogP contribution in [0.3, 0.4) is 0 Å².